The molecule has 0 radical (unpaired) electrons. The van der Waals surface area contributed by atoms with Gasteiger partial charge in [-0.3, -0.25) is 5.10 Å². The lowest BCUT2D eigenvalue weighted by molar-refractivity contribution is 0.299. The fourth-order valence-corrected chi connectivity index (χ4v) is 2.87. The summed E-state index contributed by atoms with van der Waals surface area (Å²) in [5.41, 5.74) is 3.25. The standard InChI is InChI=1S/C18H14F2N4O/c19-12-2-1-3-13(20)16(12)18-22-14-5-4-10(6-7-25)8-11(14)17-15(23-18)9-21-24-17/h1-5,8-9,25H,6-7H2,(H,21,24)(H,22,23). The molecule has 0 saturated heterocycles. The number of aliphatic hydroxyl groups is 1. The van der Waals surface area contributed by atoms with Crippen LogP contribution in [0, 0.1) is 11.6 Å². The normalized spacial score (nSPS) is 12.7. The zero-order chi connectivity index (χ0) is 17.4. The Morgan fingerprint density at radius 1 is 1.08 bits per heavy atom. The highest BCUT2D eigenvalue weighted by Crippen LogP contribution is 2.38. The van der Waals surface area contributed by atoms with Crippen LogP contribution in [0.2, 0.25) is 0 Å². The summed E-state index contributed by atoms with van der Waals surface area (Å²) in [4.78, 5) is 4.43. The molecule has 1 aliphatic rings. The van der Waals surface area contributed by atoms with E-state index in [9.17, 15) is 8.78 Å². The van der Waals surface area contributed by atoms with E-state index in [1.54, 1.807) is 6.07 Å². The van der Waals surface area contributed by atoms with Crippen molar-refractivity contribution in [3.05, 3.63) is 65.4 Å². The molecule has 2 aromatic carbocycles. The Bertz CT molecular complexity index is 961. The molecule has 0 aliphatic carbocycles. The number of hydrogen-bond donors (Lipinski definition) is 3. The molecule has 3 N–H and O–H groups in total. The average molecular weight is 340 g/mol. The van der Waals surface area contributed by atoms with E-state index in [1.807, 2.05) is 12.1 Å². The minimum atomic E-state index is -0.698. The summed E-state index contributed by atoms with van der Waals surface area (Å²) in [5, 5.41) is 19.0. The Labute approximate surface area is 142 Å². The van der Waals surface area contributed by atoms with Crippen molar-refractivity contribution in [1.29, 1.82) is 0 Å². The van der Waals surface area contributed by atoms with Gasteiger partial charge in [0.05, 0.1) is 28.8 Å². The second-order valence-electron chi connectivity index (χ2n) is 5.67. The molecule has 0 atom stereocenters. The fourth-order valence-electron chi connectivity index (χ4n) is 2.87. The van der Waals surface area contributed by atoms with Gasteiger partial charge >= 0.3 is 0 Å². The second-order valence-corrected chi connectivity index (χ2v) is 5.67. The molecule has 5 nitrogen and oxygen atoms in total. The number of aromatic nitrogens is 2. The zero-order valence-corrected chi connectivity index (χ0v) is 13.1. The average Bonchev–Trinajstić information content (AvgIpc) is 2.98. The summed E-state index contributed by atoms with van der Waals surface area (Å²) in [6, 6.07) is 9.16. The molecule has 7 heteroatoms. The van der Waals surface area contributed by atoms with Gasteiger partial charge in [-0.1, -0.05) is 12.1 Å². The monoisotopic (exact) mass is 340 g/mol. The van der Waals surface area contributed by atoms with Gasteiger partial charge in [-0.15, -0.1) is 0 Å². The van der Waals surface area contributed by atoms with Gasteiger partial charge in [0, 0.05) is 12.2 Å². The quantitative estimate of drug-likeness (QED) is 0.684. The number of fused-ring (bicyclic) bond motifs is 3. The third-order valence-electron chi connectivity index (χ3n) is 4.06. The number of rotatable bonds is 3. The van der Waals surface area contributed by atoms with E-state index in [2.05, 4.69) is 20.5 Å². The first kappa shape index (κ1) is 15.5. The second kappa shape index (κ2) is 6.10. The highest BCUT2D eigenvalue weighted by Gasteiger charge is 2.22. The van der Waals surface area contributed by atoms with Crippen molar-refractivity contribution in [2.45, 2.75) is 6.42 Å². The summed E-state index contributed by atoms with van der Waals surface area (Å²) in [6.45, 7) is 0.0296. The Morgan fingerprint density at radius 3 is 2.64 bits per heavy atom. The Morgan fingerprint density at radius 2 is 1.88 bits per heavy atom. The Balaban J connectivity index is 1.93. The molecule has 3 aromatic rings. The molecule has 1 aromatic heterocycles. The number of aromatic amines is 1. The van der Waals surface area contributed by atoms with Crippen molar-refractivity contribution in [2.24, 2.45) is 4.99 Å². The number of halogens is 2. The van der Waals surface area contributed by atoms with Gasteiger partial charge in [0.15, 0.2) is 0 Å². The van der Waals surface area contributed by atoms with Crippen molar-refractivity contribution in [3.63, 3.8) is 0 Å². The predicted octanol–water partition coefficient (Wildman–Crippen LogP) is 3.39. The number of benzene rings is 2. The lowest BCUT2D eigenvalue weighted by Crippen LogP contribution is -2.16. The van der Waals surface area contributed by atoms with Crippen LogP contribution in [0.4, 0.5) is 20.2 Å². The first-order chi connectivity index (χ1) is 12.2. The van der Waals surface area contributed by atoms with Crippen LogP contribution in [0.15, 0.2) is 47.6 Å². The molecule has 0 saturated carbocycles. The molecule has 1 aliphatic heterocycles. The topological polar surface area (TPSA) is 73.3 Å². The van der Waals surface area contributed by atoms with E-state index in [0.717, 1.165) is 11.1 Å². The molecule has 2 heterocycles. The molecule has 0 spiro atoms. The summed E-state index contributed by atoms with van der Waals surface area (Å²) in [7, 11) is 0. The van der Waals surface area contributed by atoms with Gasteiger partial charge in [0.1, 0.15) is 17.5 Å². The lowest BCUT2D eigenvalue weighted by atomic mass is 10.0. The van der Waals surface area contributed by atoms with Crippen LogP contribution in [-0.4, -0.2) is 27.7 Å². The summed E-state index contributed by atoms with van der Waals surface area (Å²) in [6.07, 6.45) is 2.04. The smallest absolute Gasteiger partial charge is 0.144 e. The van der Waals surface area contributed by atoms with Crippen molar-refractivity contribution in [1.82, 2.24) is 10.2 Å². The minimum absolute atomic E-state index is 0.0296. The van der Waals surface area contributed by atoms with Gasteiger partial charge in [-0.05, 0) is 36.2 Å². The van der Waals surface area contributed by atoms with Crippen LogP contribution in [0.3, 0.4) is 0 Å². The van der Waals surface area contributed by atoms with Crippen LogP contribution in [0.25, 0.3) is 11.3 Å². The first-order valence-electron chi connectivity index (χ1n) is 7.75. The third-order valence-corrected chi connectivity index (χ3v) is 4.06. The molecule has 0 bridgehead atoms. The van der Waals surface area contributed by atoms with Crippen LogP contribution in [0.5, 0.6) is 0 Å². The molecule has 4 rings (SSSR count). The number of H-pyrrole nitrogens is 1. The first-order valence-corrected chi connectivity index (χ1v) is 7.75. The molecule has 0 fully saturated rings. The van der Waals surface area contributed by atoms with E-state index in [1.165, 1.54) is 24.4 Å². The zero-order valence-electron chi connectivity index (χ0n) is 13.1. The van der Waals surface area contributed by atoms with Gasteiger partial charge in [-0.25, -0.2) is 13.8 Å². The number of aliphatic imine (C=N–C) groups is 1. The maximum Gasteiger partial charge on any atom is 0.144 e. The lowest BCUT2D eigenvalue weighted by Gasteiger charge is -2.09. The summed E-state index contributed by atoms with van der Waals surface area (Å²) in [5.74, 6) is -1.32. The van der Waals surface area contributed by atoms with Crippen LogP contribution < -0.4 is 5.32 Å². The van der Waals surface area contributed by atoms with Gasteiger partial charge in [0.25, 0.3) is 0 Å². The fraction of sp³-hybridized carbons (Fsp3) is 0.111. The maximum atomic E-state index is 14.2. The molecule has 25 heavy (non-hydrogen) atoms. The maximum absolute atomic E-state index is 14.2. The van der Waals surface area contributed by atoms with Crippen LogP contribution in [-0.2, 0) is 6.42 Å². The van der Waals surface area contributed by atoms with E-state index >= 15 is 0 Å². The van der Waals surface area contributed by atoms with Crippen LogP contribution in [0.1, 0.15) is 11.1 Å². The Kier molecular flexibility index (Phi) is 3.77. The summed E-state index contributed by atoms with van der Waals surface area (Å²) < 4.78 is 28.4. The van der Waals surface area contributed by atoms with E-state index in [-0.39, 0.29) is 18.0 Å². The number of anilines is 1. The molecule has 126 valence electrons. The SMILES string of the molecule is OCCc1ccc2c(c1)-c1[nH]ncc1NC(c1c(F)cccc1F)=N2. The van der Waals surface area contributed by atoms with Crippen molar-refractivity contribution >= 4 is 17.2 Å². The van der Waals surface area contributed by atoms with Crippen molar-refractivity contribution in [2.75, 3.05) is 11.9 Å². The predicted molar refractivity (Wildman–Crippen MR) is 91.0 cm³/mol. The van der Waals surface area contributed by atoms with Crippen molar-refractivity contribution < 1.29 is 13.9 Å². The van der Waals surface area contributed by atoms with Crippen molar-refractivity contribution in [3.8, 4) is 11.3 Å². The molecular formula is C18H14F2N4O. The Hall–Kier alpha value is -3.06. The molecular weight excluding hydrogens is 326 g/mol. The van der Waals surface area contributed by atoms with E-state index in [0.29, 0.717) is 23.5 Å². The minimum Gasteiger partial charge on any atom is -0.396 e. The number of aliphatic hydroxyl groups excluding tert-OH is 1. The van der Waals surface area contributed by atoms with Crippen LogP contribution >= 0.6 is 0 Å². The van der Waals surface area contributed by atoms with E-state index in [4.69, 9.17) is 5.11 Å². The highest BCUT2D eigenvalue weighted by molar-refractivity contribution is 6.13. The number of amidine groups is 1. The third kappa shape index (κ3) is 2.68. The van der Waals surface area contributed by atoms with Gasteiger partial charge in [-0.2, -0.15) is 5.10 Å². The number of nitrogens with zero attached hydrogens (tertiary/aromatic N) is 2. The summed E-state index contributed by atoms with van der Waals surface area (Å²) >= 11 is 0. The number of nitrogens with one attached hydrogen (secondary N) is 2. The van der Waals surface area contributed by atoms with E-state index < -0.39 is 11.6 Å². The molecule has 0 amide bonds. The highest BCUT2D eigenvalue weighted by atomic mass is 19.1. The number of hydrogen-bond acceptors (Lipinski definition) is 4. The van der Waals surface area contributed by atoms with Gasteiger partial charge in [0.2, 0.25) is 0 Å². The largest absolute Gasteiger partial charge is 0.396 e. The molecule has 0 unspecified atom stereocenters. The van der Waals surface area contributed by atoms with Gasteiger partial charge < -0.3 is 10.4 Å².